The first-order valence-electron chi connectivity index (χ1n) is 10.4. The summed E-state index contributed by atoms with van der Waals surface area (Å²) in [5.41, 5.74) is 1.69. The van der Waals surface area contributed by atoms with Crippen molar-refractivity contribution in [2.24, 2.45) is 5.92 Å². The molecular formula is C23H26ClN3O4. The van der Waals surface area contributed by atoms with E-state index < -0.39 is 0 Å². The Bertz CT molecular complexity index is 960. The van der Waals surface area contributed by atoms with E-state index in [0.717, 1.165) is 11.3 Å². The van der Waals surface area contributed by atoms with Crippen LogP contribution < -0.4 is 19.7 Å². The van der Waals surface area contributed by atoms with Crippen LogP contribution in [0.25, 0.3) is 0 Å². The molecule has 0 atom stereocenters. The molecular weight excluding hydrogens is 418 g/mol. The van der Waals surface area contributed by atoms with Crippen LogP contribution in [0, 0.1) is 5.92 Å². The van der Waals surface area contributed by atoms with Crippen LogP contribution in [-0.2, 0) is 11.3 Å². The number of halogens is 1. The number of rotatable bonds is 4. The van der Waals surface area contributed by atoms with Crippen molar-refractivity contribution in [3.63, 3.8) is 0 Å². The Morgan fingerprint density at radius 3 is 2.74 bits per heavy atom. The standard InChI is InChI=1S/C23H26ClN3O4/c1-30-19-4-2-3-16(13-19)15-25-22(28)17-7-9-26(10-8-17)23(29)27-11-12-31-21-6-5-18(24)14-20(21)27/h2-6,13-14,17H,7-12,15H2,1H3,(H,25,28). The Kier molecular flexibility index (Phi) is 6.51. The highest BCUT2D eigenvalue weighted by molar-refractivity contribution is 6.31. The lowest BCUT2D eigenvalue weighted by Crippen LogP contribution is -2.50. The molecule has 1 saturated heterocycles. The Labute approximate surface area is 186 Å². The lowest BCUT2D eigenvalue weighted by atomic mass is 9.96. The SMILES string of the molecule is COc1cccc(CNC(=O)C2CCN(C(=O)N3CCOc4ccc(Cl)cc43)CC2)c1. The molecule has 2 aliphatic heterocycles. The molecule has 0 spiro atoms. The van der Waals surface area contributed by atoms with Crippen LogP contribution in [0.5, 0.6) is 11.5 Å². The van der Waals surface area contributed by atoms with Crippen molar-refractivity contribution in [3.8, 4) is 11.5 Å². The molecule has 2 aromatic rings. The highest BCUT2D eigenvalue weighted by Gasteiger charge is 2.32. The fourth-order valence-corrected chi connectivity index (χ4v) is 4.18. The zero-order valence-corrected chi connectivity index (χ0v) is 18.2. The van der Waals surface area contributed by atoms with Crippen molar-refractivity contribution in [1.29, 1.82) is 0 Å². The number of likely N-dealkylation sites (tertiary alicyclic amines) is 1. The number of benzene rings is 2. The smallest absolute Gasteiger partial charge is 0.324 e. The first-order chi connectivity index (χ1) is 15.0. The van der Waals surface area contributed by atoms with Crippen LogP contribution in [0.4, 0.5) is 10.5 Å². The zero-order chi connectivity index (χ0) is 21.8. The summed E-state index contributed by atoms with van der Waals surface area (Å²) in [6.45, 7) is 2.48. The quantitative estimate of drug-likeness (QED) is 0.782. The number of ether oxygens (including phenoxy) is 2. The molecule has 1 fully saturated rings. The van der Waals surface area contributed by atoms with Gasteiger partial charge >= 0.3 is 6.03 Å². The molecule has 4 rings (SSSR count). The van der Waals surface area contributed by atoms with Gasteiger partial charge in [-0.05, 0) is 48.7 Å². The number of hydrogen-bond donors (Lipinski definition) is 1. The molecule has 8 heteroatoms. The molecule has 1 N–H and O–H groups in total. The van der Waals surface area contributed by atoms with Gasteiger partial charge in [0.05, 0.1) is 19.3 Å². The molecule has 164 valence electrons. The largest absolute Gasteiger partial charge is 0.497 e. The predicted octanol–water partition coefficient (Wildman–Crippen LogP) is 3.70. The Morgan fingerprint density at radius 2 is 1.97 bits per heavy atom. The third-order valence-electron chi connectivity index (χ3n) is 5.75. The van der Waals surface area contributed by atoms with Gasteiger partial charge in [-0.25, -0.2) is 4.79 Å². The van der Waals surface area contributed by atoms with Gasteiger partial charge in [-0.3, -0.25) is 9.69 Å². The van der Waals surface area contributed by atoms with Crippen LogP contribution in [0.2, 0.25) is 5.02 Å². The van der Waals surface area contributed by atoms with Crippen LogP contribution in [0.3, 0.4) is 0 Å². The third-order valence-corrected chi connectivity index (χ3v) is 5.99. The first-order valence-corrected chi connectivity index (χ1v) is 10.8. The van der Waals surface area contributed by atoms with Gasteiger partial charge < -0.3 is 19.7 Å². The summed E-state index contributed by atoms with van der Waals surface area (Å²) in [5, 5.41) is 3.57. The van der Waals surface area contributed by atoms with Gasteiger partial charge in [0.25, 0.3) is 0 Å². The lowest BCUT2D eigenvalue weighted by Gasteiger charge is -2.37. The van der Waals surface area contributed by atoms with Gasteiger partial charge in [0.2, 0.25) is 5.91 Å². The van der Waals surface area contributed by atoms with Crippen molar-refractivity contribution in [2.45, 2.75) is 19.4 Å². The molecule has 2 heterocycles. The summed E-state index contributed by atoms with van der Waals surface area (Å²) in [6.07, 6.45) is 1.28. The number of carbonyl (C=O) groups excluding carboxylic acids is 2. The van der Waals surface area contributed by atoms with E-state index in [0.29, 0.717) is 62.1 Å². The molecule has 31 heavy (non-hydrogen) atoms. The monoisotopic (exact) mass is 443 g/mol. The third kappa shape index (κ3) is 4.88. The summed E-state index contributed by atoms with van der Waals surface area (Å²) in [5.74, 6) is 1.36. The summed E-state index contributed by atoms with van der Waals surface area (Å²) >= 11 is 6.12. The van der Waals surface area contributed by atoms with Gasteiger partial charge in [-0.15, -0.1) is 0 Å². The summed E-state index contributed by atoms with van der Waals surface area (Å²) < 4.78 is 10.9. The minimum absolute atomic E-state index is 0.0263. The number of nitrogens with zero attached hydrogens (tertiary/aromatic N) is 2. The molecule has 2 aliphatic rings. The van der Waals surface area contributed by atoms with E-state index >= 15 is 0 Å². The summed E-state index contributed by atoms with van der Waals surface area (Å²) in [7, 11) is 1.62. The van der Waals surface area contributed by atoms with Gasteiger partial charge in [0.1, 0.15) is 18.1 Å². The number of anilines is 1. The molecule has 0 aliphatic carbocycles. The van der Waals surface area contributed by atoms with Crippen LogP contribution >= 0.6 is 11.6 Å². The number of urea groups is 1. The predicted molar refractivity (Wildman–Crippen MR) is 119 cm³/mol. The van der Waals surface area contributed by atoms with Crippen molar-refractivity contribution in [2.75, 3.05) is 38.3 Å². The van der Waals surface area contributed by atoms with E-state index in [9.17, 15) is 9.59 Å². The van der Waals surface area contributed by atoms with E-state index in [1.807, 2.05) is 29.2 Å². The maximum Gasteiger partial charge on any atom is 0.324 e. The van der Waals surface area contributed by atoms with Gasteiger partial charge in [-0.1, -0.05) is 23.7 Å². The fourth-order valence-electron chi connectivity index (χ4n) is 4.01. The Balaban J connectivity index is 1.31. The molecule has 0 aromatic heterocycles. The minimum Gasteiger partial charge on any atom is -0.497 e. The maximum atomic E-state index is 13.1. The molecule has 0 unspecified atom stereocenters. The Morgan fingerprint density at radius 1 is 1.16 bits per heavy atom. The van der Waals surface area contributed by atoms with Crippen molar-refractivity contribution in [1.82, 2.24) is 10.2 Å². The minimum atomic E-state index is -0.0962. The molecule has 0 saturated carbocycles. The van der Waals surface area contributed by atoms with Crippen molar-refractivity contribution in [3.05, 3.63) is 53.1 Å². The average Bonchev–Trinajstić information content (AvgIpc) is 2.82. The Hall–Kier alpha value is -2.93. The first kappa shape index (κ1) is 21.3. The number of hydrogen-bond acceptors (Lipinski definition) is 4. The van der Waals surface area contributed by atoms with Crippen molar-refractivity contribution < 1.29 is 19.1 Å². The molecule has 3 amide bonds. The fraction of sp³-hybridized carbons (Fsp3) is 0.391. The second kappa shape index (κ2) is 9.47. The number of carbonyl (C=O) groups is 2. The summed E-state index contributed by atoms with van der Waals surface area (Å²) in [6, 6.07) is 12.9. The molecule has 7 nitrogen and oxygen atoms in total. The van der Waals surface area contributed by atoms with Crippen LogP contribution in [0.1, 0.15) is 18.4 Å². The molecule has 0 radical (unpaired) electrons. The topological polar surface area (TPSA) is 71.1 Å². The van der Waals surface area contributed by atoms with Crippen molar-refractivity contribution >= 4 is 29.2 Å². The van der Waals surface area contributed by atoms with E-state index in [1.165, 1.54) is 0 Å². The van der Waals surface area contributed by atoms with E-state index in [4.69, 9.17) is 21.1 Å². The highest BCUT2D eigenvalue weighted by atomic mass is 35.5. The second-order valence-corrected chi connectivity index (χ2v) is 8.16. The average molecular weight is 444 g/mol. The van der Waals surface area contributed by atoms with Gasteiger partial charge in [-0.2, -0.15) is 0 Å². The van der Waals surface area contributed by atoms with Gasteiger partial charge in [0, 0.05) is 30.6 Å². The van der Waals surface area contributed by atoms with Crippen LogP contribution in [-0.4, -0.2) is 50.2 Å². The number of fused-ring (bicyclic) bond motifs is 1. The molecule has 0 bridgehead atoms. The second-order valence-electron chi connectivity index (χ2n) is 7.73. The van der Waals surface area contributed by atoms with Crippen LogP contribution in [0.15, 0.2) is 42.5 Å². The highest BCUT2D eigenvalue weighted by Crippen LogP contribution is 2.35. The number of methoxy groups -OCH3 is 1. The molecule has 2 aromatic carbocycles. The maximum absolute atomic E-state index is 13.1. The lowest BCUT2D eigenvalue weighted by molar-refractivity contribution is -0.126. The number of piperidine rings is 1. The van der Waals surface area contributed by atoms with E-state index in [2.05, 4.69) is 5.32 Å². The number of amides is 3. The summed E-state index contributed by atoms with van der Waals surface area (Å²) in [4.78, 5) is 29.3. The van der Waals surface area contributed by atoms with E-state index in [-0.39, 0.29) is 17.9 Å². The zero-order valence-electron chi connectivity index (χ0n) is 17.5. The van der Waals surface area contributed by atoms with Gasteiger partial charge in [0.15, 0.2) is 0 Å². The van der Waals surface area contributed by atoms with E-state index in [1.54, 1.807) is 30.2 Å². The number of nitrogens with one attached hydrogen (secondary N) is 1. The normalized spacial score (nSPS) is 16.3.